The van der Waals surface area contributed by atoms with E-state index in [1.165, 1.54) is 30.0 Å². The minimum absolute atomic E-state index is 0. The molecule has 2 aromatic rings. The summed E-state index contributed by atoms with van der Waals surface area (Å²) in [4.78, 5) is 27.1. The van der Waals surface area contributed by atoms with Gasteiger partial charge in [0, 0.05) is 12.2 Å². The van der Waals surface area contributed by atoms with Gasteiger partial charge in [0.2, 0.25) is 0 Å². The number of Topliss-reactive ketones (excluding diaryl/α,β-unsaturated/α-hetero) is 1. The molecule has 1 heterocycles. The third-order valence-corrected chi connectivity index (χ3v) is 4.98. The highest BCUT2D eigenvalue weighted by molar-refractivity contribution is 9.10. The van der Waals surface area contributed by atoms with Crippen molar-refractivity contribution < 1.29 is 28.8 Å². The van der Waals surface area contributed by atoms with Crippen molar-refractivity contribution in [3.05, 3.63) is 34.2 Å². The highest BCUT2D eigenvalue weighted by Gasteiger charge is 2.16. The molecule has 0 radical (unpaired) electrons. The SMILES string of the molecule is CCOC(=O)CC(=O)CCCSc1nonc1C(N)=Nc1ccc(F)c(Br)c1.O. The number of aromatic nitrogens is 2. The first-order valence-corrected chi connectivity index (χ1v) is 10.1. The number of nitrogens with two attached hydrogens (primary N) is 1. The van der Waals surface area contributed by atoms with Gasteiger partial charge in [0.25, 0.3) is 0 Å². The van der Waals surface area contributed by atoms with Gasteiger partial charge in [-0.15, -0.1) is 11.8 Å². The minimum Gasteiger partial charge on any atom is -0.466 e. The fourth-order valence-electron chi connectivity index (χ4n) is 2.08. The van der Waals surface area contributed by atoms with Gasteiger partial charge in [-0.2, -0.15) is 0 Å². The maximum absolute atomic E-state index is 13.3. The summed E-state index contributed by atoms with van der Waals surface area (Å²) in [5.74, 6) is -0.486. The Morgan fingerprint density at radius 3 is 2.83 bits per heavy atom. The largest absolute Gasteiger partial charge is 0.466 e. The molecule has 1 aromatic carbocycles. The van der Waals surface area contributed by atoms with Crippen LogP contribution in [0.2, 0.25) is 0 Å². The molecule has 0 bridgehead atoms. The Morgan fingerprint density at radius 1 is 1.38 bits per heavy atom. The molecule has 9 nitrogen and oxygen atoms in total. The first-order chi connectivity index (χ1) is 13.4. The van der Waals surface area contributed by atoms with Crippen molar-refractivity contribution in [2.45, 2.75) is 31.2 Å². The quantitative estimate of drug-likeness (QED) is 0.133. The number of esters is 1. The molecule has 0 spiro atoms. The topological polar surface area (TPSA) is 152 Å². The van der Waals surface area contributed by atoms with E-state index in [0.29, 0.717) is 22.9 Å². The number of nitrogens with zero attached hydrogens (tertiary/aromatic N) is 3. The van der Waals surface area contributed by atoms with Crippen molar-refractivity contribution in [3.8, 4) is 0 Å². The van der Waals surface area contributed by atoms with E-state index < -0.39 is 11.8 Å². The number of hydrogen-bond donors (Lipinski definition) is 1. The molecule has 0 saturated carbocycles. The molecule has 158 valence electrons. The zero-order chi connectivity index (χ0) is 20.5. The van der Waals surface area contributed by atoms with Crippen LogP contribution in [-0.2, 0) is 14.3 Å². The van der Waals surface area contributed by atoms with Crippen molar-refractivity contribution in [1.82, 2.24) is 10.3 Å². The first kappa shape index (κ1) is 24.7. The van der Waals surface area contributed by atoms with Crippen LogP contribution < -0.4 is 5.73 Å². The molecule has 1 aromatic heterocycles. The van der Waals surface area contributed by atoms with Crippen LogP contribution in [0.1, 0.15) is 31.9 Å². The molecule has 2 rings (SSSR count). The van der Waals surface area contributed by atoms with Gasteiger partial charge in [0.15, 0.2) is 16.6 Å². The summed E-state index contributed by atoms with van der Waals surface area (Å²) < 4.78 is 23.0. The number of halogens is 2. The Bertz CT molecular complexity index is 877. The maximum Gasteiger partial charge on any atom is 0.313 e. The number of carbonyl (C=O) groups excluding carboxylic acids is 2. The molecular weight excluding hydrogens is 471 g/mol. The van der Waals surface area contributed by atoms with Gasteiger partial charge in [-0.25, -0.2) is 14.0 Å². The van der Waals surface area contributed by atoms with E-state index in [1.807, 2.05) is 0 Å². The molecule has 0 aliphatic heterocycles. The van der Waals surface area contributed by atoms with Crippen LogP contribution >= 0.6 is 27.7 Å². The van der Waals surface area contributed by atoms with Crippen molar-refractivity contribution in [2.24, 2.45) is 10.7 Å². The molecule has 0 aliphatic rings. The Morgan fingerprint density at radius 2 is 2.14 bits per heavy atom. The molecule has 4 N–H and O–H groups in total. The lowest BCUT2D eigenvalue weighted by Crippen LogP contribution is -2.14. The zero-order valence-electron chi connectivity index (χ0n) is 15.5. The number of benzene rings is 1. The van der Waals surface area contributed by atoms with Gasteiger partial charge in [-0.1, -0.05) is 0 Å². The van der Waals surface area contributed by atoms with E-state index in [0.717, 1.165) is 0 Å². The summed E-state index contributed by atoms with van der Waals surface area (Å²) in [6, 6.07) is 4.22. The number of rotatable bonds is 10. The summed E-state index contributed by atoms with van der Waals surface area (Å²) in [6.45, 7) is 1.94. The average Bonchev–Trinajstić information content (AvgIpc) is 3.10. The van der Waals surface area contributed by atoms with Gasteiger partial charge in [0.1, 0.15) is 18.0 Å². The second-order valence-electron chi connectivity index (χ2n) is 5.49. The van der Waals surface area contributed by atoms with Crippen LogP contribution in [0.25, 0.3) is 0 Å². The number of aliphatic imine (C=N–C) groups is 1. The number of thioether (sulfide) groups is 1. The Kier molecular flexibility index (Phi) is 10.5. The second kappa shape index (κ2) is 12.3. The number of ketones is 1. The fourth-order valence-corrected chi connectivity index (χ4v) is 3.29. The van der Waals surface area contributed by atoms with Crippen LogP contribution in [0, 0.1) is 5.82 Å². The van der Waals surface area contributed by atoms with Gasteiger partial charge >= 0.3 is 5.97 Å². The predicted molar refractivity (Wildman–Crippen MR) is 109 cm³/mol. The Hall–Kier alpha value is -2.31. The van der Waals surface area contributed by atoms with Gasteiger partial charge in [-0.3, -0.25) is 9.59 Å². The van der Waals surface area contributed by atoms with Gasteiger partial charge in [-0.05, 0) is 57.8 Å². The maximum atomic E-state index is 13.3. The van der Waals surface area contributed by atoms with Crippen LogP contribution in [-0.4, -0.2) is 45.7 Å². The molecule has 0 fully saturated rings. The summed E-state index contributed by atoms with van der Waals surface area (Å²) in [7, 11) is 0. The van der Waals surface area contributed by atoms with Crippen LogP contribution in [0.5, 0.6) is 0 Å². The summed E-state index contributed by atoms with van der Waals surface area (Å²) in [5, 5.41) is 7.97. The molecule has 0 saturated heterocycles. The lowest BCUT2D eigenvalue weighted by Gasteiger charge is -2.02. The number of ether oxygens (including phenoxy) is 1. The number of amidine groups is 1. The first-order valence-electron chi connectivity index (χ1n) is 8.33. The van der Waals surface area contributed by atoms with Crippen molar-refractivity contribution in [3.63, 3.8) is 0 Å². The average molecular weight is 491 g/mol. The van der Waals surface area contributed by atoms with Crippen molar-refractivity contribution >= 4 is 51.0 Å². The lowest BCUT2D eigenvalue weighted by atomic mass is 10.2. The van der Waals surface area contributed by atoms with E-state index in [1.54, 1.807) is 6.92 Å². The lowest BCUT2D eigenvalue weighted by molar-refractivity contribution is -0.145. The zero-order valence-corrected chi connectivity index (χ0v) is 17.9. The van der Waals surface area contributed by atoms with Gasteiger partial charge in [0.05, 0.1) is 16.8 Å². The molecule has 29 heavy (non-hydrogen) atoms. The molecule has 0 unspecified atom stereocenters. The van der Waals surface area contributed by atoms with E-state index >= 15 is 0 Å². The summed E-state index contributed by atoms with van der Waals surface area (Å²) in [5.41, 5.74) is 6.66. The third kappa shape index (κ3) is 7.91. The standard InChI is InChI=1S/C17H18BrFN4O4S.H2O/c1-2-26-14(25)9-11(24)4-3-7-28-17-15(22-27-23-17)16(20)21-10-5-6-13(19)12(18)8-10;/h5-6,8H,2-4,7,9H2,1H3,(H2,20,21);1H2. The van der Waals surface area contributed by atoms with Crippen LogP contribution in [0.15, 0.2) is 37.3 Å². The molecule has 12 heteroatoms. The number of carbonyl (C=O) groups is 2. The summed E-state index contributed by atoms with van der Waals surface area (Å²) >= 11 is 4.39. The van der Waals surface area contributed by atoms with E-state index in [4.69, 9.17) is 15.1 Å². The molecule has 0 aliphatic carbocycles. The van der Waals surface area contributed by atoms with E-state index in [2.05, 4.69) is 31.2 Å². The monoisotopic (exact) mass is 490 g/mol. The van der Waals surface area contributed by atoms with E-state index in [9.17, 15) is 14.0 Å². The Balaban J connectivity index is 0.00000420. The summed E-state index contributed by atoms with van der Waals surface area (Å²) in [6.07, 6.45) is 0.568. The minimum atomic E-state index is -0.514. The van der Waals surface area contributed by atoms with Crippen molar-refractivity contribution in [2.75, 3.05) is 12.4 Å². The van der Waals surface area contributed by atoms with Gasteiger partial charge < -0.3 is 15.9 Å². The Labute approximate surface area is 178 Å². The molecule has 0 atom stereocenters. The molecule has 0 amide bonds. The van der Waals surface area contributed by atoms with E-state index in [-0.39, 0.29) is 46.7 Å². The smallest absolute Gasteiger partial charge is 0.313 e. The highest BCUT2D eigenvalue weighted by atomic mass is 79.9. The predicted octanol–water partition coefficient (Wildman–Crippen LogP) is 2.58. The van der Waals surface area contributed by atoms with Crippen LogP contribution in [0.3, 0.4) is 0 Å². The second-order valence-corrected chi connectivity index (χ2v) is 7.42. The number of hydrogen-bond acceptors (Lipinski definition) is 8. The van der Waals surface area contributed by atoms with Crippen LogP contribution in [0.4, 0.5) is 10.1 Å². The third-order valence-electron chi connectivity index (χ3n) is 3.34. The molecular formula is C17H20BrFN4O5S. The van der Waals surface area contributed by atoms with Crippen molar-refractivity contribution in [1.29, 1.82) is 0 Å². The fraction of sp³-hybridized carbons (Fsp3) is 0.353. The highest BCUT2D eigenvalue weighted by Crippen LogP contribution is 2.24. The normalized spacial score (nSPS) is 11.1.